The molecule has 1 amide bonds. The maximum Gasteiger partial charge on any atom is 0.266 e. The minimum atomic E-state index is -0.333. The molecule has 134 valence electrons. The van der Waals surface area contributed by atoms with Crippen molar-refractivity contribution in [3.05, 3.63) is 70.9 Å². The molecule has 0 spiro atoms. The number of amides is 1. The topological polar surface area (TPSA) is 82.2 Å². The molecule has 0 aliphatic heterocycles. The molecule has 0 aromatic heterocycles. The van der Waals surface area contributed by atoms with Gasteiger partial charge in [-0.25, -0.2) is 0 Å². The molecule has 0 heterocycles. The first-order valence-electron chi connectivity index (χ1n) is 8.19. The molecule has 2 aromatic rings. The van der Waals surface area contributed by atoms with Crippen LogP contribution in [0.4, 0.5) is 11.4 Å². The monoisotopic (exact) mass is 368 g/mol. The van der Waals surface area contributed by atoms with E-state index < -0.39 is 0 Å². The largest absolute Gasteiger partial charge is 0.398 e. The van der Waals surface area contributed by atoms with Crippen molar-refractivity contribution in [3.8, 4) is 6.07 Å². The third-order valence-corrected chi connectivity index (χ3v) is 4.14. The molecule has 0 aliphatic carbocycles. The van der Waals surface area contributed by atoms with Crippen molar-refractivity contribution >= 4 is 28.9 Å². The molecule has 2 aromatic carbocycles. The van der Waals surface area contributed by atoms with Gasteiger partial charge in [0.05, 0.1) is 10.7 Å². The van der Waals surface area contributed by atoms with Gasteiger partial charge in [0.15, 0.2) is 0 Å². The van der Waals surface area contributed by atoms with Gasteiger partial charge in [-0.3, -0.25) is 4.79 Å². The van der Waals surface area contributed by atoms with Crippen LogP contribution in [0.5, 0.6) is 0 Å². The number of nitriles is 1. The first-order valence-corrected chi connectivity index (χ1v) is 8.57. The number of benzene rings is 2. The van der Waals surface area contributed by atoms with Crippen molar-refractivity contribution in [2.24, 2.45) is 0 Å². The summed E-state index contributed by atoms with van der Waals surface area (Å²) in [5.74, 6) is -0.333. The highest BCUT2D eigenvalue weighted by Gasteiger charge is 2.21. The summed E-state index contributed by atoms with van der Waals surface area (Å²) in [5, 5.41) is 12.8. The Kier molecular flexibility index (Phi) is 6.65. The lowest BCUT2D eigenvalue weighted by Gasteiger charge is -2.26. The van der Waals surface area contributed by atoms with Gasteiger partial charge in [0, 0.05) is 24.5 Å². The number of carbonyl (C=O) groups is 1. The van der Waals surface area contributed by atoms with Crippen molar-refractivity contribution in [1.29, 1.82) is 5.26 Å². The van der Waals surface area contributed by atoms with E-state index in [0.717, 1.165) is 5.56 Å². The molecule has 6 heteroatoms. The van der Waals surface area contributed by atoms with Crippen molar-refractivity contribution in [2.45, 2.75) is 26.4 Å². The summed E-state index contributed by atoms with van der Waals surface area (Å²) in [5.41, 5.74) is 7.81. The Hall–Kier alpha value is -2.97. The second-order valence-electron chi connectivity index (χ2n) is 6.06. The number of nitrogens with zero attached hydrogens (tertiary/aromatic N) is 2. The van der Waals surface area contributed by atoms with E-state index in [-0.39, 0.29) is 17.5 Å². The molecule has 0 bridgehead atoms. The van der Waals surface area contributed by atoms with Crippen molar-refractivity contribution in [2.75, 3.05) is 11.1 Å². The fourth-order valence-corrected chi connectivity index (χ4v) is 2.52. The van der Waals surface area contributed by atoms with E-state index in [0.29, 0.717) is 22.9 Å². The number of nitrogen functional groups attached to an aromatic ring is 1. The van der Waals surface area contributed by atoms with Crippen LogP contribution in [-0.2, 0) is 11.3 Å². The maximum absolute atomic E-state index is 12.8. The Balaban J connectivity index is 2.18. The SMILES string of the molecule is CC(C)N(Cc1ccccc1)C(=O)/C(C#N)=C\Nc1ccc(N)c(Cl)c1. The lowest BCUT2D eigenvalue weighted by molar-refractivity contribution is -0.129. The maximum atomic E-state index is 12.8. The molecule has 0 fully saturated rings. The molecule has 0 radical (unpaired) electrons. The molecular formula is C20H21ClN4O. The molecule has 0 aliphatic rings. The number of carbonyl (C=O) groups excluding carboxylic acids is 1. The average Bonchev–Trinajstić information content (AvgIpc) is 2.63. The Labute approximate surface area is 158 Å². The molecular weight excluding hydrogens is 348 g/mol. The number of hydrogen-bond donors (Lipinski definition) is 2. The van der Waals surface area contributed by atoms with E-state index in [4.69, 9.17) is 17.3 Å². The van der Waals surface area contributed by atoms with Gasteiger partial charge in [-0.15, -0.1) is 0 Å². The van der Waals surface area contributed by atoms with E-state index in [9.17, 15) is 10.1 Å². The molecule has 0 saturated heterocycles. The van der Waals surface area contributed by atoms with E-state index >= 15 is 0 Å². The molecule has 3 N–H and O–H groups in total. The van der Waals surface area contributed by atoms with Crippen LogP contribution < -0.4 is 11.1 Å². The van der Waals surface area contributed by atoms with Gasteiger partial charge in [0.25, 0.3) is 5.91 Å². The molecule has 5 nitrogen and oxygen atoms in total. The summed E-state index contributed by atoms with van der Waals surface area (Å²) in [4.78, 5) is 14.5. The summed E-state index contributed by atoms with van der Waals surface area (Å²) >= 11 is 5.98. The number of nitrogens with one attached hydrogen (secondary N) is 1. The third-order valence-electron chi connectivity index (χ3n) is 3.81. The van der Waals surface area contributed by atoms with Gasteiger partial charge in [0.1, 0.15) is 11.6 Å². The Morgan fingerprint density at radius 1 is 1.31 bits per heavy atom. The lowest BCUT2D eigenvalue weighted by atomic mass is 10.1. The average molecular weight is 369 g/mol. The molecule has 26 heavy (non-hydrogen) atoms. The number of hydrogen-bond acceptors (Lipinski definition) is 4. The quantitative estimate of drug-likeness (QED) is 0.455. The first-order chi connectivity index (χ1) is 12.4. The lowest BCUT2D eigenvalue weighted by Crippen LogP contribution is -2.37. The van der Waals surface area contributed by atoms with Crippen LogP contribution in [0.2, 0.25) is 5.02 Å². The summed E-state index contributed by atoms with van der Waals surface area (Å²) in [6.45, 7) is 4.27. The highest BCUT2D eigenvalue weighted by atomic mass is 35.5. The first kappa shape index (κ1) is 19.4. The van der Waals surface area contributed by atoms with Gasteiger partial charge in [-0.1, -0.05) is 41.9 Å². The highest BCUT2D eigenvalue weighted by Crippen LogP contribution is 2.23. The van der Waals surface area contributed by atoms with Crippen molar-refractivity contribution in [3.63, 3.8) is 0 Å². The third kappa shape index (κ3) is 5.01. The predicted octanol–water partition coefficient (Wildman–Crippen LogP) is 4.18. The van der Waals surface area contributed by atoms with Gasteiger partial charge in [-0.2, -0.15) is 5.26 Å². The fraction of sp³-hybridized carbons (Fsp3) is 0.200. The second kappa shape index (κ2) is 8.93. The number of anilines is 2. The Morgan fingerprint density at radius 2 is 2.00 bits per heavy atom. The molecule has 0 saturated carbocycles. The predicted molar refractivity (Wildman–Crippen MR) is 105 cm³/mol. The smallest absolute Gasteiger partial charge is 0.266 e. The fourth-order valence-electron chi connectivity index (χ4n) is 2.34. The molecule has 0 unspecified atom stereocenters. The second-order valence-corrected chi connectivity index (χ2v) is 6.47. The van der Waals surface area contributed by atoms with Crippen LogP contribution in [0.25, 0.3) is 0 Å². The Bertz CT molecular complexity index is 841. The zero-order valence-electron chi connectivity index (χ0n) is 14.7. The van der Waals surface area contributed by atoms with Crippen molar-refractivity contribution in [1.82, 2.24) is 4.90 Å². The van der Waals surface area contributed by atoms with E-state index in [1.165, 1.54) is 6.20 Å². The normalized spacial score (nSPS) is 11.1. The minimum Gasteiger partial charge on any atom is -0.398 e. The minimum absolute atomic E-state index is 0.0163. The highest BCUT2D eigenvalue weighted by molar-refractivity contribution is 6.33. The van der Waals surface area contributed by atoms with Crippen LogP contribution in [0, 0.1) is 11.3 Å². The number of nitrogens with two attached hydrogens (primary N) is 1. The Morgan fingerprint density at radius 3 is 2.58 bits per heavy atom. The number of halogens is 1. The van der Waals surface area contributed by atoms with Crippen LogP contribution in [-0.4, -0.2) is 16.8 Å². The summed E-state index contributed by atoms with van der Waals surface area (Å²) in [6.07, 6.45) is 1.39. The van der Waals surface area contributed by atoms with Crippen LogP contribution in [0.1, 0.15) is 19.4 Å². The van der Waals surface area contributed by atoms with Crippen molar-refractivity contribution < 1.29 is 4.79 Å². The van der Waals surface area contributed by atoms with Crippen LogP contribution in [0.15, 0.2) is 60.3 Å². The standard InChI is InChI=1S/C20H21ClN4O/c1-14(2)25(13-15-6-4-3-5-7-15)20(26)16(11-22)12-24-17-8-9-19(23)18(21)10-17/h3-10,12,14,24H,13,23H2,1-2H3/b16-12-. The number of rotatable bonds is 6. The van der Waals surface area contributed by atoms with E-state index in [2.05, 4.69) is 5.32 Å². The van der Waals surface area contributed by atoms with Crippen LogP contribution >= 0.6 is 11.6 Å². The zero-order valence-corrected chi connectivity index (χ0v) is 15.5. The molecule has 2 rings (SSSR count). The van der Waals surface area contributed by atoms with Crippen LogP contribution in [0.3, 0.4) is 0 Å². The van der Waals surface area contributed by atoms with Gasteiger partial charge < -0.3 is 16.0 Å². The van der Waals surface area contributed by atoms with Gasteiger partial charge in [0.2, 0.25) is 0 Å². The summed E-state index contributed by atoms with van der Waals surface area (Å²) < 4.78 is 0. The van der Waals surface area contributed by atoms with Gasteiger partial charge in [-0.05, 0) is 37.6 Å². The van der Waals surface area contributed by atoms with Gasteiger partial charge >= 0.3 is 0 Å². The van der Waals surface area contributed by atoms with E-state index in [1.54, 1.807) is 23.1 Å². The molecule has 0 atom stereocenters. The summed E-state index contributed by atoms with van der Waals surface area (Å²) in [6, 6.07) is 16.6. The summed E-state index contributed by atoms with van der Waals surface area (Å²) in [7, 11) is 0. The zero-order chi connectivity index (χ0) is 19.1. The van der Waals surface area contributed by atoms with E-state index in [1.807, 2.05) is 50.2 Å².